The smallest absolute Gasteiger partial charge is 0.122 e. The van der Waals surface area contributed by atoms with E-state index in [-0.39, 0.29) is 5.82 Å². The van der Waals surface area contributed by atoms with Crippen molar-refractivity contribution in [2.75, 3.05) is 0 Å². The van der Waals surface area contributed by atoms with E-state index in [1.807, 2.05) is 0 Å². The standard InChI is InChI=1S/C9H12ClFSi/c1-12(2,3)9-6-7(10)4-5-8(9)11/h4-6H,1-3H3. The van der Waals surface area contributed by atoms with E-state index in [1.54, 1.807) is 12.1 Å². The third-order valence-corrected chi connectivity index (χ3v) is 3.97. The quantitative estimate of drug-likeness (QED) is 0.615. The first kappa shape index (κ1) is 9.74. The van der Waals surface area contributed by atoms with Crippen molar-refractivity contribution < 1.29 is 4.39 Å². The van der Waals surface area contributed by atoms with E-state index < -0.39 is 8.07 Å². The second kappa shape index (κ2) is 3.19. The Balaban J connectivity index is 3.23. The molecule has 0 saturated carbocycles. The van der Waals surface area contributed by atoms with Gasteiger partial charge in [-0.15, -0.1) is 0 Å². The van der Waals surface area contributed by atoms with Crippen LogP contribution in [0.4, 0.5) is 4.39 Å². The van der Waals surface area contributed by atoms with Gasteiger partial charge in [0.15, 0.2) is 0 Å². The van der Waals surface area contributed by atoms with Crippen molar-refractivity contribution in [2.45, 2.75) is 19.6 Å². The van der Waals surface area contributed by atoms with Crippen LogP contribution >= 0.6 is 11.6 Å². The molecule has 1 rings (SSSR count). The summed E-state index contributed by atoms with van der Waals surface area (Å²) in [5, 5.41) is 1.42. The third kappa shape index (κ3) is 2.08. The second-order valence-electron chi connectivity index (χ2n) is 3.87. The van der Waals surface area contributed by atoms with E-state index in [9.17, 15) is 4.39 Å². The molecule has 0 bridgehead atoms. The normalized spacial score (nSPS) is 11.8. The zero-order chi connectivity index (χ0) is 9.35. The number of halogens is 2. The van der Waals surface area contributed by atoms with Crippen molar-refractivity contribution in [3.05, 3.63) is 29.0 Å². The molecule has 12 heavy (non-hydrogen) atoms. The molecule has 0 atom stereocenters. The molecular weight excluding hydrogens is 191 g/mol. The molecule has 0 aliphatic carbocycles. The molecule has 0 nitrogen and oxygen atoms in total. The Morgan fingerprint density at radius 2 is 1.83 bits per heavy atom. The zero-order valence-corrected chi connectivity index (χ0v) is 9.24. The molecule has 1 aromatic rings. The van der Waals surface area contributed by atoms with E-state index in [0.717, 1.165) is 5.19 Å². The van der Waals surface area contributed by atoms with Crippen LogP contribution in [0.2, 0.25) is 24.7 Å². The van der Waals surface area contributed by atoms with E-state index in [2.05, 4.69) is 19.6 Å². The van der Waals surface area contributed by atoms with Gasteiger partial charge in [-0.3, -0.25) is 0 Å². The summed E-state index contributed by atoms with van der Waals surface area (Å²) in [6, 6.07) is 4.76. The van der Waals surface area contributed by atoms with Crippen LogP contribution < -0.4 is 5.19 Å². The fraction of sp³-hybridized carbons (Fsp3) is 0.333. The van der Waals surface area contributed by atoms with Crippen molar-refractivity contribution in [1.82, 2.24) is 0 Å². The Kier molecular flexibility index (Phi) is 2.59. The predicted octanol–water partition coefficient (Wildman–Crippen LogP) is 3.02. The van der Waals surface area contributed by atoms with E-state index in [0.29, 0.717) is 5.02 Å². The maximum absolute atomic E-state index is 13.2. The van der Waals surface area contributed by atoms with E-state index in [1.165, 1.54) is 6.07 Å². The van der Waals surface area contributed by atoms with Gasteiger partial charge in [0.1, 0.15) is 5.82 Å². The van der Waals surface area contributed by atoms with Crippen molar-refractivity contribution in [2.24, 2.45) is 0 Å². The van der Waals surface area contributed by atoms with Crippen LogP contribution in [0.25, 0.3) is 0 Å². The summed E-state index contributed by atoms with van der Waals surface area (Å²) in [7, 11) is -1.57. The summed E-state index contributed by atoms with van der Waals surface area (Å²) in [5.41, 5.74) is 0. The van der Waals surface area contributed by atoms with Gasteiger partial charge < -0.3 is 0 Å². The summed E-state index contributed by atoms with van der Waals surface area (Å²) in [6.45, 7) is 6.30. The lowest BCUT2D eigenvalue weighted by Gasteiger charge is -2.17. The summed E-state index contributed by atoms with van der Waals surface area (Å²) in [6.07, 6.45) is 0. The monoisotopic (exact) mass is 202 g/mol. The zero-order valence-electron chi connectivity index (χ0n) is 7.49. The van der Waals surface area contributed by atoms with Crippen LogP contribution in [0.1, 0.15) is 0 Å². The molecule has 0 spiro atoms. The van der Waals surface area contributed by atoms with Crippen LogP contribution in [0.3, 0.4) is 0 Å². The minimum atomic E-state index is -1.57. The molecular formula is C9H12ClFSi. The lowest BCUT2D eigenvalue weighted by atomic mass is 10.3. The summed E-state index contributed by atoms with van der Waals surface area (Å²) in [5.74, 6) is -0.126. The van der Waals surface area contributed by atoms with Gasteiger partial charge in [0, 0.05) is 5.02 Å². The lowest BCUT2D eigenvalue weighted by molar-refractivity contribution is 0.635. The lowest BCUT2D eigenvalue weighted by Crippen LogP contribution is -2.39. The van der Waals surface area contributed by atoms with Gasteiger partial charge in [0.2, 0.25) is 0 Å². The summed E-state index contributed by atoms with van der Waals surface area (Å²) in [4.78, 5) is 0. The minimum Gasteiger partial charge on any atom is -0.207 e. The Hall–Kier alpha value is -0.343. The average molecular weight is 203 g/mol. The SMILES string of the molecule is C[Si](C)(C)c1cc(Cl)ccc1F. The highest BCUT2D eigenvalue weighted by Crippen LogP contribution is 2.12. The van der Waals surface area contributed by atoms with Gasteiger partial charge in [0.25, 0.3) is 0 Å². The molecule has 3 heteroatoms. The fourth-order valence-corrected chi connectivity index (χ4v) is 2.72. The molecule has 0 N–H and O–H groups in total. The molecule has 0 unspecified atom stereocenters. The predicted molar refractivity (Wildman–Crippen MR) is 54.4 cm³/mol. The van der Waals surface area contributed by atoms with E-state index >= 15 is 0 Å². The molecule has 0 heterocycles. The second-order valence-corrected chi connectivity index (χ2v) is 9.35. The summed E-state index contributed by atoms with van der Waals surface area (Å²) >= 11 is 5.78. The van der Waals surface area contributed by atoms with Crippen molar-refractivity contribution in [1.29, 1.82) is 0 Å². The maximum atomic E-state index is 13.2. The number of hydrogen-bond donors (Lipinski definition) is 0. The Morgan fingerprint density at radius 3 is 2.25 bits per heavy atom. The van der Waals surface area contributed by atoms with Crippen LogP contribution in [0, 0.1) is 5.82 Å². The maximum Gasteiger partial charge on any atom is 0.122 e. The van der Waals surface area contributed by atoms with Crippen molar-refractivity contribution in [3.63, 3.8) is 0 Å². The van der Waals surface area contributed by atoms with Gasteiger partial charge >= 0.3 is 0 Å². The molecule has 0 saturated heterocycles. The molecule has 0 aromatic heterocycles. The third-order valence-electron chi connectivity index (χ3n) is 1.74. The highest BCUT2D eigenvalue weighted by Gasteiger charge is 2.20. The molecule has 1 aromatic carbocycles. The van der Waals surface area contributed by atoms with Crippen molar-refractivity contribution >= 4 is 24.9 Å². The van der Waals surface area contributed by atoms with Gasteiger partial charge in [-0.1, -0.05) is 31.2 Å². The number of benzene rings is 1. The van der Waals surface area contributed by atoms with Crippen molar-refractivity contribution in [3.8, 4) is 0 Å². The molecule has 0 amide bonds. The molecule has 0 radical (unpaired) electrons. The van der Waals surface area contributed by atoms with Crippen LogP contribution in [-0.4, -0.2) is 8.07 Å². The van der Waals surface area contributed by atoms with Gasteiger partial charge in [-0.05, 0) is 23.4 Å². The van der Waals surface area contributed by atoms with Crippen LogP contribution in [-0.2, 0) is 0 Å². The first-order valence-electron chi connectivity index (χ1n) is 3.87. The van der Waals surface area contributed by atoms with Gasteiger partial charge in [-0.2, -0.15) is 0 Å². The Bertz CT molecular complexity index is 291. The topological polar surface area (TPSA) is 0 Å². The Morgan fingerprint density at radius 1 is 1.25 bits per heavy atom. The average Bonchev–Trinajstić information content (AvgIpc) is 1.92. The molecule has 0 aliphatic heterocycles. The number of rotatable bonds is 1. The fourth-order valence-electron chi connectivity index (χ4n) is 1.07. The molecule has 0 fully saturated rings. The highest BCUT2D eigenvalue weighted by atomic mass is 35.5. The molecule has 0 aliphatic rings. The van der Waals surface area contributed by atoms with Gasteiger partial charge in [-0.25, -0.2) is 4.39 Å². The minimum absolute atomic E-state index is 0.126. The number of hydrogen-bond acceptors (Lipinski definition) is 0. The summed E-state index contributed by atoms with van der Waals surface area (Å²) < 4.78 is 13.2. The van der Waals surface area contributed by atoms with E-state index in [4.69, 9.17) is 11.6 Å². The molecule has 66 valence electrons. The largest absolute Gasteiger partial charge is 0.207 e. The Labute approximate surface area is 78.4 Å². The highest BCUT2D eigenvalue weighted by molar-refractivity contribution is 6.88. The first-order chi connectivity index (χ1) is 5.41. The van der Waals surface area contributed by atoms with Crippen LogP contribution in [0.5, 0.6) is 0 Å². The first-order valence-corrected chi connectivity index (χ1v) is 7.74. The van der Waals surface area contributed by atoms with Gasteiger partial charge in [0.05, 0.1) is 8.07 Å². The van der Waals surface area contributed by atoms with Crippen LogP contribution in [0.15, 0.2) is 18.2 Å².